The molecule has 0 aromatic heterocycles. The topological polar surface area (TPSA) is 55.6 Å². The number of nitrogens with two attached hydrogens (primary N) is 1. The lowest BCUT2D eigenvalue weighted by Crippen LogP contribution is -2.43. The van der Waals surface area contributed by atoms with E-state index in [1.165, 1.54) is 19.3 Å². The van der Waals surface area contributed by atoms with Crippen molar-refractivity contribution in [2.75, 3.05) is 26.8 Å². The van der Waals surface area contributed by atoms with Crippen molar-refractivity contribution in [2.45, 2.75) is 32.2 Å². The minimum absolute atomic E-state index is 0.0879. The largest absolute Gasteiger partial charge is 0.384 e. The molecule has 1 heterocycles. The van der Waals surface area contributed by atoms with Crippen LogP contribution in [0, 0.1) is 11.3 Å². The Bertz CT molecular complexity index is 274. The molecule has 1 spiro atoms. The van der Waals surface area contributed by atoms with Crippen molar-refractivity contribution in [1.29, 1.82) is 0 Å². The predicted molar refractivity (Wildman–Crippen MR) is 61.9 cm³/mol. The molecule has 0 radical (unpaired) electrons. The van der Waals surface area contributed by atoms with Gasteiger partial charge in [0, 0.05) is 26.1 Å². The normalized spacial score (nSPS) is 29.2. The molecule has 2 rings (SSSR count). The van der Waals surface area contributed by atoms with Crippen molar-refractivity contribution >= 4 is 5.91 Å². The number of likely N-dealkylation sites (tertiary alicyclic amines) is 1. The molecule has 0 bridgehead atoms. The lowest BCUT2D eigenvalue weighted by molar-refractivity contribution is -0.131. The van der Waals surface area contributed by atoms with Crippen LogP contribution in [0.25, 0.3) is 0 Å². The van der Waals surface area contributed by atoms with Crippen molar-refractivity contribution in [1.82, 2.24) is 4.90 Å². The van der Waals surface area contributed by atoms with Gasteiger partial charge in [-0.15, -0.1) is 0 Å². The number of carbonyl (C=O) groups is 1. The Morgan fingerprint density at radius 2 is 2.31 bits per heavy atom. The van der Waals surface area contributed by atoms with Crippen LogP contribution in [0.1, 0.15) is 26.2 Å². The van der Waals surface area contributed by atoms with E-state index in [0.29, 0.717) is 11.3 Å². The van der Waals surface area contributed by atoms with Crippen LogP contribution in [0.15, 0.2) is 0 Å². The maximum absolute atomic E-state index is 11.9. The van der Waals surface area contributed by atoms with E-state index < -0.39 is 0 Å². The predicted octanol–water partition coefficient (Wildman–Crippen LogP) is 0.609. The van der Waals surface area contributed by atoms with Crippen LogP contribution in [0.5, 0.6) is 0 Å². The van der Waals surface area contributed by atoms with Crippen LogP contribution in [0.2, 0.25) is 0 Å². The first kappa shape index (κ1) is 11.9. The third kappa shape index (κ3) is 1.84. The number of rotatable bonds is 3. The summed E-state index contributed by atoms with van der Waals surface area (Å²) in [6.45, 7) is 4.25. The van der Waals surface area contributed by atoms with E-state index in [2.05, 4.69) is 0 Å². The number of nitrogens with zero attached hydrogens (tertiary/aromatic N) is 1. The van der Waals surface area contributed by atoms with Crippen LogP contribution in [0.3, 0.4) is 0 Å². The summed E-state index contributed by atoms with van der Waals surface area (Å²) in [5.41, 5.74) is 6.01. The second-order valence-electron chi connectivity index (χ2n) is 5.38. The first-order valence-corrected chi connectivity index (χ1v) is 6.12. The highest BCUT2D eigenvalue weighted by atomic mass is 16.5. The van der Waals surface area contributed by atoms with Gasteiger partial charge in [-0.3, -0.25) is 4.79 Å². The molecule has 0 aromatic carbocycles. The Morgan fingerprint density at radius 3 is 2.75 bits per heavy atom. The number of ether oxygens (including phenoxy) is 1. The number of hydrogen-bond donors (Lipinski definition) is 1. The van der Waals surface area contributed by atoms with E-state index in [0.717, 1.165) is 19.7 Å². The zero-order valence-electron chi connectivity index (χ0n) is 10.2. The smallest absolute Gasteiger partial charge is 0.239 e. The molecule has 4 heteroatoms. The van der Waals surface area contributed by atoms with Gasteiger partial charge in [-0.05, 0) is 25.2 Å². The lowest BCUT2D eigenvalue weighted by Gasteiger charge is -2.42. The van der Waals surface area contributed by atoms with Crippen molar-refractivity contribution in [3.8, 4) is 0 Å². The van der Waals surface area contributed by atoms with E-state index in [1.54, 1.807) is 14.0 Å². The second-order valence-corrected chi connectivity index (χ2v) is 5.38. The summed E-state index contributed by atoms with van der Waals surface area (Å²) in [7, 11) is 1.74. The van der Waals surface area contributed by atoms with Gasteiger partial charge in [-0.1, -0.05) is 6.42 Å². The fourth-order valence-electron chi connectivity index (χ4n) is 3.12. The zero-order valence-corrected chi connectivity index (χ0v) is 10.2. The van der Waals surface area contributed by atoms with Gasteiger partial charge in [-0.25, -0.2) is 0 Å². The molecular weight excluding hydrogens is 204 g/mol. The van der Waals surface area contributed by atoms with Gasteiger partial charge in [0.15, 0.2) is 0 Å². The molecule has 1 saturated heterocycles. The summed E-state index contributed by atoms with van der Waals surface area (Å²) in [6.07, 6.45) is 3.77. The van der Waals surface area contributed by atoms with Gasteiger partial charge in [0.25, 0.3) is 0 Å². The van der Waals surface area contributed by atoms with E-state index in [9.17, 15) is 4.79 Å². The quantitative estimate of drug-likeness (QED) is 0.767. The fourth-order valence-corrected chi connectivity index (χ4v) is 3.12. The first-order chi connectivity index (χ1) is 7.59. The summed E-state index contributed by atoms with van der Waals surface area (Å²) in [5.74, 6) is 0.596. The van der Waals surface area contributed by atoms with Crippen molar-refractivity contribution in [3.63, 3.8) is 0 Å². The highest BCUT2D eigenvalue weighted by Crippen LogP contribution is 2.51. The second kappa shape index (κ2) is 4.34. The van der Waals surface area contributed by atoms with Crippen molar-refractivity contribution in [2.24, 2.45) is 17.1 Å². The minimum Gasteiger partial charge on any atom is -0.384 e. The van der Waals surface area contributed by atoms with Gasteiger partial charge in [0.1, 0.15) is 0 Å². The van der Waals surface area contributed by atoms with Crippen LogP contribution in [0.4, 0.5) is 0 Å². The molecule has 16 heavy (non-hydrogen) atoms. The maximum atomic E-state index is 11.9. The number of carbonyl (C=O) groups excluding carboxylic acids is 1. The average molecular weight is 226 g/mol. The molecule has 92 valence electrons. The van der Waals surface area contributed by atoms with Crippen molar-refractivity contribution in [3.05, 3.63) is 0 Å². The fraction of sp³-hybridized carbons (Fsp3) is 0.917. The zero-order chi connectivity index (χ0) is 11.8. The van der Waals surface area contributed by atoms with Crippen LogP contribution >= 0.6 is 0 Å². The van der Waals surface area contributed by atoms with E-state index in [-0.39, 0.29) is 11.9 Å². The van der Waals surface area contributed by atoms with Crippen LogP contribution < -0.4 is 5.73 Å². The Labute approximate surface area is 97.1 Å². The molecule has 2 aliphatic rings. The Hall–Kier alpha value is -0.610. The molecular formula is C12H22N2O2. The summed E-state index contributed by atoms with van der Waals surface area (Å²) in [4.78, 5) is 13.8. The standard InChI is InChI=1S/C12H22N2O2/c1-9(13)11(15)14-6-10(7-16-2)12(8-14)4-3-5-12/h9-10H,3-8,13H2,1-2H3/t9-,10-/m0/s1. The third-order valence-corrected chi connectivity index (χ3v) is 4.23. The number of methoxy groups -OCH3 is 1. The Balaban J connectivity index is 2.03. The molecule has 0 aromatic rings. The summed E-state index contributed by atoms with van der Waals surface area (Å²) in [6, 6.07) is -0.376. The molecule has 1 amide bonds. The molecule has 1 saturated carbocycles. The molecule has 4 nitrogen and oxygen atoms in total. The summed E-state index contributed by atoms with van der Waals surface area (Å²) >= 11 is 0. The lowest BCUT2D eigenvalue weighted by atomic mass is 9.63. The van der Waals surface area contributed by atoms with E-state index in [1.807, 2.05) is 4.90 Å². The van der Waals surface area contributed by atoms with Crippen molar-refractivity contribution < 1.29 is 9.53 Å². The minimum atomic E-state index is -0.376. The summed E-state index contributed by atoms with van der Waals surface area (Å²) < 4.78 is 5.28. The van der Waals surface area contributed by atoms with Crippen LogP contribution in [-0.4, -0.2) is 43.7 Å². The maximum Gasteiger partial charge on any atom is 0.239 e. The van der Waals surface area contributed by atoms with Gasteiger partial charge in [-0.2, -0.15) is 0 Å². The van der Waals surface area contributed by atoms with Gasteiger partial charge in [0.2, 0.25) is 5.91 Å². The summed E-state index contributed by atoms with van der Waals surface area (Å²) in [5, 5.41) is 0. The molecule has 2 fully saturated rings. The average Bonchev–Trinajstić information content (AvgIpc) is 2.56. The van der Waals surface area contributed by atoms with Crippen LogP contribution in [-0.2, 0) is 9.53 Å². The van der Waals surface area contributed by atoms with Gasteiger partial charge < -0.3 is 15.4 Å². The first-order valence-electron chi connectivity index (χ1n) is 6.12. The molecule has 0 unspecified atom stereocenters. The Morgan fingerprint density at radius 1 is 1.62 bits per heavy atom. The van der Waals surface area contributed by atoms with Gasteiger partial charge in [0.05, 0.1) is 12.6 Å². The molecule has 2 atom stereocenters. The molecule has 1 aliphatic carbocycles. The monoisotopic (exact) mass is 226 g/mol. The number of amides is 1. The Kier molecular flexibility index (Phi) is 3.22. The van der Waals surface area contributed by atoms with E-state index in [4.69, 9.17) is 10.5 Å². The molecule has 2 N–H and O–H groups in total. The SMILES string of the molecule is COC[C@@H]1CN(C(=O)[C@H](C)N)CC12CCC2. The highest BCUT2D eigenvalue weighted by Gasteiger charge is 2.51. The third-order valence-electron chi connectivity index (χ3n) is 4.23. The van der Waals surface area contributed by atoms with Gasteiger partial charge >= 0.3 is 0 Å². The van der Waals surface area contributed by atoms with E-state index >= 15 is 0 Å². The molecule has 1 aliphatic heterocycles. The highest BCUT2D eigenvalue weighted by molar-refractivity contribution is 5.81. The number of hydrogen-bond acceptors (Lipinski definition) is 3.